The molecule has 3 N–H and O–H groups in total. The summed E-state index contributed by atoms with van der Waals surface area (Å²) >= 11 is 1.92. The lowest BCUT2D eigenvalue weighted by molar-refractivity contribution is -0.136. The van der Waals surface area contributed by atoms with Crippen LogP contribution in [0, 0.1) is 5.92 Å². The molecular weight excluding hydrogens is 520 g/mol. The molecule has 0 aliphatic carbocycles. The number of aromatic nitrogens is 1. The maximum Gasteiger partial charge on any atom is 0.328 e. The van der Waals surface area contributed by atoms with E-state index in [1.807, 2.05) is 0 Å². The van der Waals surface area contributed by atoms with E-state index in [9.17, 15) is 29.1 Å². The van der Waals surface area contributed by atoms with E-state index in [-0.39, 0.29) is 35.4 Å². The third-order valence-electron chi connectivity index (χ3n) is 6.91. The van der Waals surface area contributed by atoms with E-state index in [0.29, 0.717) is 33.5 Å². The largest absolute Gasteiger partial charge is 0.504 e. The number of thioether (sulfide) groups is 1. The molecule has 3 unspecified atom stereocenters. The summed E-state index contributed by atoms with van der Waals surface area (Å²) < 4.78 is 6.88. The molecule has 1 aromatic heterocycles. The molecule has 13 heteroatoms. The van der Waals surface area contributed by atoms with Crippen molar-refractivity contribution in [3.8, 4) is 11.5 Å². The van der Waals surface area contributed by atoms with Gasteiger partial charge in [-0.15, -0.1) is 0 Å². The number of carbonyl (C=O) groups excluding carboxylic acids is 4. The molecule has 1 aromatic carbocycles. The monoisotopic (exact) mass is 546 g/mol. The molecule has 5 amide bonds. The number of ether oxygens (including phenoxy) is 1. The number of phenols is 1. The molecule has 0 spiro atoms. The molecule has 0 radical (unpaired) electrons. The summed E-state index contributed by atoms with van der Waals surface area (Å²) in [6.07, 6.45) is 2.87. The van der Waals surface area contributed by atoms with Crippen molar-refractivity contribution >= 4 is 46.9 Å². The molecule has 2 fully saturated rings. The molecule has 4 heterocycles. The number of benzene rings is 1. The Morgan fingerprint density at radius 2 is 1.86 bits per heavy atom. The molecule has 3 aliphatic rings. The number of phenolic OH excluding ortho intramolecular Hbond substituents is 1. The van der Waals surface area contributed by atoms with Gasteiger partial charge in [0.2, 0.25) is 11.8 Å². The number of carbonyl (C=O) groups is 4. The Labute approximate surface area is 220 Å². The van der Waals surface area contributed by atoms with Crippen LogP contribution >= 0.6 is 23.1 Å². The molecule has 0 bridgehead atoms. The molecule has 37 heavy (non-hydrogen) atoms. The summed E-state index contributed by atoms with van der Waals surface area (Å²) in [4.78, 5) is 67.0. The summed E-state index contributed by atoms with van der Waals surface area (Å²) in [6.45, 7) is 3.13. The number of likely N-dealkylation sites (tertiary alicyclic amines) is 2. The Hall–Kier alpha value is -3.32. The van der Waals surface area contributed by atoms with E-state index in [0.717, 1.165) is 42.4 Å². The average Bonchev–Trinajstić information content (AvgIpc) is 3.32. The highest BCUT2D eigenvalue weighted by atomic mass is 32.2. The van der Waals surface area contributed by atoms with Gasteiger partial charge in [-0.3, -0.25) is 23.7 Å². The fourth-order valence-corrected chi connectivity index (χ4v) is 7.98. The molecule has 0 saturated carbocycles. The van der Waals surface area contributed by atoms with Gasteiger partial charge in [-0.25, -0.2) is 4.79 Å². The molecule has 2 aromatic rings. The first-order valence-electron chi connectivity index (χ1n) is 12.0. The molecule has 2 saturated heterocycles. The maximum absolute atomic E-state index is 13.3. The van der Waals surface area contributed by atoms with Crippen LogP contribution in [0.1, 0.15) is 42.5 Å². The summed E-state index contributed by atoms with van der Waals surface area (Å²) in [5.41, 5.74) is 5.89. The SMILES string of the molecule is CCOc1cc(C2c3sc(=O)n(CC(=O)N4CCCCC4)c3SC3C(=O)N(C(N)=O)C(=O)C32)ccc1O. The van der Waals surface area contributed by atoms with E-state index in [4.69, 9.17) is 10.5 Å². The topological polar surface area (TPSA) is 152 Å². The third kappa shape index (κ3) is 4.29. The van der Waals surface area contributed by atoms with E-state index in [2.05, 4.69) is 0 Å². The van der Waals surface area contributed by atoms with Crippen molar-refractivity contribution in [3.05, 3.63) is 38.3 Å². The number of urea groups is 1. The van der Waals surface area contributed by atoms with Crippen molar-refractivity contribution in [2.75, 3.05) is 19.7 Å². The quantitative estimate of drug-likeness (QED) is 0.538. The molecule has 3 atom stereocenters. The zero-order valence-corrected chi connectivity index (χ0v) is 21.7. The standard InChI is InChI=1S/C24H26N4O7S2/c1-2-35-14-10-12(6-7-13(14)29)16-17-18(21(32)28(20(17)31)23(25)33)36-22-19(16)37-24(34)27(22)11-15(30)26-8-4-3-5-9-26/h6-7,10,16-18,29H,2-5,8-9,11H2,1H3,(H2,25,33). The van der Waals surface area contributed by atoms with Crippen LogP contribution in [0.2, 0.25) is 0 Å². The number of hydrogen-bond acceptors (Lipinski definition) is 9. The Bertz CT molecular complexity index is 1350. The van der Waals surface area contributed by atoms with Gasteiger partial charge < -0.3 is 20.5 Å². The minimum atomic E-state index is -1.16. The number of rotatable bonds is 5. The Morgan fingerprint density at radius 1 is 1.14 bits per heavy atom. The van der Waals surface area contributed by atoms with Gasteiger partial charge in [-0.2, -0.15) is 4.90 Å². The zero-order chi connectivity index (χ0) is 26.4. The van der Waals surface area contributed by atoms with Gasteiger partial charge >= 0.3 is 10.9 Å². The number of piperidine rings is 1. The van der Waals surface area contributed by atoms with Crippen LogP contribution in [-0.4, -0.2) is 68.2 Å². The van der Waals surface area contributed by atoms with Crippen molar-refractivity contribution in [1.82, 2.24) is 14.4 Å². The fraction of sp³-hybridized carbons (Fsp3) is 0.458. The lowest BCUT2D eigenvalue weighted by Crippen LogP contribution is -2.41. The summed E-state index contributed by atoms with van der Waals surface area (Å²) in [5.74, 6) is -3.37. The van der Waals surface area contributed by atoms with Gasteiger partial charge in [-0.1, -0.05) is 29.2 Å². The van der Waals surface area contributed by atoms with Crippen molar-refractivity contribution in [2.45, 2.75) is 48.9 Å². The summed E-state index contributed by atoms with van der Waals surface area (Å²) in [6, 6.07) is 3.42. The lowest BCUT2D eigenvalue weighted by Gasteiger charge is -2.31. The predicted octanol–water partition coefficient (Wildman–Crippen LogP) is 1.70. The zero-order valence-electron chi connectivity index (χ0n) is 20.0. The number of fused-ring (bicyclic) bond motifs is 2. The van der Waals surface area contributed by atoms with Gasteiger partial charge in [0.15, 0.2) is 11.5 Å². The number of nitrogens with zero attached hydrogens (tertiary/aromatic N) is 3. The second kappa shape index (κ2) is 9.86. The Morgan fingerprint density at radius 3 is 2.54 bits per heavy atom. The maximum atomic E-state index is 13.3. The van der Waals surface area contributed by atoms with Crippen LogP contribution in [0.5, 0.6) is 11.5 Å². The second-order valence-electron chi connectivity index (χ2n) is 9.12. The number of amides is 5. The summed E-state index contributed by atoms with van der Waals surface area (Å²) in [5, 5.41) is 9.63. The van der Waals surface area contributed by atoms with Gasteiger partial charge in [0, 0.05) is 23.9 Å². The highest BCUT2D eigenvalue weighted by molar-refractivity contribution is 8.00. The molecular formula is C24H26N4O7S2. The number of thiazole rings is 1. The number of imide groups is 3. The van der Waals surface area contributed by atoms with Crippen LogP contribution in [0.3, 0.4) is 0 Å². The first kappa shape index (κ1) is 25.3. The van der Waals surface area contributed by atoms with Crippen molar-refractivity contribution in [1.29, 1.82) is 0 Å². The molecule has 196 valence electrons. The van der Waals surface area contributed by atoms with Crippen molar-refractivity contribution < 1.29 is 29.0 Å². The Balaban J connectivity index is 1.61. The van der Waals surface area contributed by atoms with Crippen molar-refractivity contribution in [2.24, 2.45) is 11.7 Å². The fourth-order valence-electron chi connectivity index (χ4n) is 5.21. The molecule has 11 nitrogen and oxygen atoms in total. The predicted molar refractivity (Wildman–Crippen MR) is 135 cm³/mol. The van der Waals surface area contributed by atoms with Gasteiger partial charge in [0.05, 0.1) is 17.6 Å². The second-order valence-corrected chi connectivity index (χ2v) is 11.2. The minimum absolute atomic E-state index is 0.0990. The highest BCUT2D eigenvalue weighted by Gasteiger charge is 2.58. The van der Waals surface area contributed by atoms with Crippen LogP contribution in [0.15, 0.2) is 28.0 Å². The van der Waals surface area contributed by atoms with E-state index < -0.39 is 34.9 Å². The van der Waals surface area contributed by atoms with Crippen LogP contribution in [0.25, 0.3) is 0 Å². The van der Waals surface area contributed by atoms with Crippen LogP contribution in [-0.2, 0) is 20.9 Å². The van der Waals surface area contributed by atoms with Crippen molar-refractivity contribution in [3.63, 3.8) is 0 Å². The van der Waals surface area contributed by atoms with Gasteiger partial charge in [0.1, 0.15) is 11.8 Å². The average molecular weight is 547 g/mol. The number of primary amides is 1. The number of nitrogens with two attached hydrogens (primary N) is 1. The van der Waals surface area contributed by atoms with Gasteiger partial charge in [-0.05, 0) is 43.9 Å². The lowest BCUT2D eigenvalue weighted by atomic mass is 9.83. The van der Waals surface area contributed by atoms with E-state index >= 15 is 0 Å². The minimum Gasteiger partial charge on any atom is -0.504 e. The molecule has 3 aliphatic heterocycles. The third-order valence-corrected chi connectivity index (χ3v) is 9.52. The van der Waals surface area contributed by atoms with E-state index in [1.165, 1.54) is 10.6 Å². The normalized spacial score (nSPS) is 23.1. The summed E-state index contributed by atoms with van der Waals surface area (Å²) in [7, 11) is 0. The number of hydrogen-bond donors (Lipinski definition) is 2. The highest BCUT2D eigenvalue weighted by Crippen LogP contribution is 2.53. The number of aromatic hydroxyl groups is 1. The first-order valence-corrected chi connectivity index (χ1v) is 13.7. The first-order chi connectivity index (χ1) is 17.7. The molecule has 5 rings (SSSR count). The smallest absolute Gasteiger partial charge is 0.328 e. The van der Waals surface area contributed by atoms with Crippen LogP contribution in [0.4, 0.5) is 4.79 Å². The Kier molecular flexibility index (Phi) is 6.75. The van der Waals surface area contributed by atoms with Gasteiger partial charge in [0.25, 0.3) is 5.91 Å². The van der Waals surface area contributed by atoms with E-state index in [1.54, 1.807) is 24.0 Å². The van der Waals surface area contributed by atoms with Crippen LogP contribution < -0.4 is 15.3 Å².